The average molecular weight is 184 g/mol. The second-order valence-electron chi connectivity index (χ2n) is 3.58. The van der Waals surface area contributed by atoms with E-state index in [1.165, 1.54) is 37.7 Å². The topological polar surface area (TPSA) is 20.2 Å². The largest absolute Gasteiger partial charge is 0.392 e. The first-order chi connectivity index (χ1) is 6.35. The third-order valence-corrected chi connectivity index (χ3v) is 2.40. The summed E-state index contributed by atoms with van der Waals surface area (Å²) in [6.07, 6.45) is 11.0. The SMILES string of the molecule is CCCCCCC/C=C(/CC)CO. The predicted octanol–water partition coefficient (Wildman–Crippen LogP) is 3.68. The molecule has 0 aromatic rings. The maximum Gasteiger partial charge on any atom is 0.0641 e. The standard InChI is InChI=1S/C12H24O/c1-3-5-6-7-8-9-10-12(4-2)11-13/h10,13H,3-9,11H2,1-2H3/b12-10-. The summed E-state index contributed by atoms with van der Waals surface area (Å²) in [5.41, 5.74) is 1.19. The van der Waals surface area contributed by atoms with Crippen molar-refractivity contribution in [2.45, 2.75) is 58.8 Å². The first-order valence-electron chi connectivity index (χ1n) is 5.63. The van der Waals surface area contributed by atoms with Gasteiger partial charge in [-0.25, -0.2) is 0 Å². The molecule has 0 aromatic carbocycles. The monoisotopic (exact) mass is 184 g/mol. The number of allylic oxidation sites excluding steroid dienone is 1. The van der Waals surface area contributed by atoms with E-state index in [-0.39, 0.29) is 6.61 Å². The molecule has 0 bridgehead atoms. The molecule has 0 saturated carbocycles. The maximum absolute atomic E-state index is 8.90. The Bertz CT molecular complexity index is 121. The van der Waals surface area contributed by atoms with Gasteiger partial charge in [0.2, 0.25) is 0 Å². The minimum Gasteiger partial charge on any atom is -0.392 e. The minimum atomic E-state index is 0.242. The van der Waals surface area contributed by atoms with E-state index in [4.69, 9.17) is 5.11 Å². The fourth-order valence-electron chi connectivity index (χ4n) is 1.37. The first-order valence-corrected chi connectivity index (χ1v) is 5.63. The summed E-state index contributed by atoms with van der Waals surface area (Å²) in [5, 5.41) is 8.90. The molecule has 78 valence electrons. The van der Waals surface area contributed by atoms with Gasteiger partial charge < -0.3 is 5.11 Å². The molecular weight excluding hydrogens is 160 g/mol. The van der Waals surface area contributed by atoms with Crippen LogP contribution in [-0.2, 0) is 0 Å². The molecule has 0 fully saturated rings. The van der Waals surface area contributed by atoms with Gasteiger partial charge in [0.15, 0.2) is 0 Å². The molecule has 1 nitrogen and oxygen atoms in total. The Kier molecular flexibility index (Phi) is 9.56. The van der Waals surface area contributed by atoms with Gasteiger partial charge in [0.1, 0.15) is 0 Å². The Balaban J connectivity index is 3.27. The van der Waals surface area contributed by atoms with Crippen molar-refractivity contribution in [1.29, 1.82) is 0 Å². The summed E-state index contributed by atoms with van der Waals surface area (Å²) in [6, 6.07) is 0. The maximum atomic E-state index is 8.90. The summed E-state index contributed by atoms with van der Waals surface area (Å²) < 4.78 is 0. The van der Waals surface area contributed by atoms with Crippen molar-refractivity contribution >= 4 is 0 Å². The van der Waals surface area contributed by atoms with Crippen molar-refractivity contribution in [3.05, 3.63) is 11.6 Å². The van der Waals surface area contributed by atoms with Crippen LogP contribution >= 0.6 is 0 Å². The lowest BCUT2D eigenvalue weighted by Crippen LogP contribution is -1.88. The van der Waals surface area contributed by atoms with Gasteiger partial charge in [-0.05, 0) is 24.8 Å². The molecule has 0 rings (SSSR count). The van der Waals surface area contributed by atoms with E-state index in [9.17, 15) is 0 Å². The van der Waals surface area contributed by atoms with Crippen molar-refractivity contribution in [3.8, 4) is 0 Å². The molecule has 0 aromatic heterocycles. The summed E-state index contributed by atoms with van der Waals surface area (Å²) in [5.74, 6) is 0. The summed E-state index contributed by atoms with van der Waals surface area (Å²) in [7, 11) is 0. The van der Waals surface area contributed by atoms with Gasteiger partial charge in [0.25, 0.3) is 0 Å². The van der Waals surface area contributed by atoms with Crippen LogP contribution in [0.4, 0.5) is 0 Å². The Hall–Kier alpha value is -0.300. The average Bonchev–Trinajstić information content (AvgIpc) is 2.17. The minimum absolute atomic E-state index is 0.242. The van der Waals surface area contributed by atoms with Crippen LogP contribution in [0.25, 0.3) is 0 Å². The van der Waals surface area contributed by atoms with Crippen molar-refractivity contribution in [2.24, 2.45) is 0 Å². The molecule has 0 atom stereocenters. The number of aliphatic hydroxyl groups is 1. The molecule has 1 N–H and O–H groups in total. The van der Waals surface area contributed by atoms with Crippen LogP contribution in [0.5, 0.6) is 0 Å². The van der Waals surface area contributed by atoms with Crippen molar-refractivity contribution in [3.63, 3.8) is 0 Å². The van der Waals surface area contributed by atoms with Gasteiger partial charge in [0, 0.05) is 0 Å². The van der Waals surface area contributed by atoms with Gasteiger partial charge in [-0.15, -0.1) is 0 Å². The highest BCUT2D eigenvalue weighted by Crippen LogP contribution is 2.08. The molecule has 0 aliphatic heterocycles. The van der Waals surface area contributed by atoms with Crippen LogP contribution in [0, 0.1) is 0 Å². The molecule has 0 heterocycles. The smallest absolute Gasteiger partial charge is 0.0641 e. The van der Waals surface area contributed by atoms with E-state index in [0.29, 0.717) is 0 Å². The van der Waals surface area contributed by atoms with Crippen LogP contribution in [0.2, 0.25) is 0 Å². The van der Waals surface area contributed by atoms with Gasteiger partial charge >= 0.3 is 0 Å². The summed E-state index contributed by atoms with van der Waals surface area (Å²) in [4.78, 5) is 0. The van der Waals surface area contributed by atoms with Gasteiger partial charge in [-0.1, -0.05) is 45.6 Å². The lowest BCUT2D eigenvalue weighted by atomic mass is 10.1. The predicted molar refractivity (Wildman–Crippen MR) is 58.8 cm³/mol. The Morgan fingerprint density at radius 3 is 2.31 bits per heavy atom. The van der Waals surface area contributed by atoms with Gasteiger partial charge in [-0.3, -0.25) is 0 Å². The van der Waals surface area contributed by atoms with Crippen LogP contribution < -0.4 is 0 Å². The Morgan fingerprint density at radius 1 is 1.08 bits per heavy atom. The highest BCUT2D eigenvalue weighted by Gasteiger charge is 1.91. The molecule has 1 heteroatoms. The second-order valence-corrected chi connectivity index (χ2v) is 3.58. The summed E-state index contributed by atoms with van der Waals surface area (Å²) >= 11 is 0. The molecular formula is C12H24O. The van der Waals surface area contributed by atoms with E-state index in [1.54, 1.807) is 0 Å². The van der Waals surface area contributed by atoms with E-state index in [0.717, 1.165) is 12.8 Å². The van der Waals surface area contributed by atoms with Crippen LogP contribution in [0.3, 0.4) is 0 Å². The highest BCUT2D eigenvalue weighted by molar-refractivity contribution is 5.00. The molecule has 13 heavy (non-hydrogen) atoms. The number of aliphatic hydroxyl groups excluding tert-OH is 1. The van der Waals surface area contributed by atoms with Crippen molar-refractivity contribution in [2.75, 3.05) is 6.61 Å². The molecule has 0 aliphatic rings. The van der Waals surface area contributed by atoms with Crippen molar-refractivity contribution in [1.82, 2.24) is 0 Å². The summed E-state index contributed by atoms with van der Waals surface area (Å²) in [6.45, 7) is 4.57. The number of rotatable bonds is 8. The third kappa shape index (κ3) is 8.04. The quantitative estimate of drug-likeness (QED) is 0.451. The Morgan fingerprint density at radius 2 is 1.77 bits per heavy atom. The molecule has 0 amide bonds. The molecule has 0 unspecified atom stereocenters. The second kappa shape index (κ2) is 9.79. The Labute approximate surface area is 82.9 Å². The highest BCUT2D eigenvalue weighted by atomic mass is 16.3. The number of hydrogen-bond acceptors (Lipinski definition) is 1. The van der Waals surface area contributed by atoms with Gasteiger partial charge in [-0.2, -0.15) is 0 Å². The molecule has 0 aliphatic carbocycles. The molecule has 0 spiro atoms. The van der Waals surface area contributed by atoms with E-state index in [2.05, 4.69) is 19.9 Å². The number of hydrogen-bond donors (Lipinski definition) is 1. The lowest BCUT2D eigenvalue weighted by molar-refractivity contribution is 0.327. The van der Waals surface area contributed by atoms with Gasteiger partial charge in [0.05, 0.1) is 6.61 Å². The molecule has 0 saturated heterocycles. The normalized spacial score (nSPS) is 12.1. The zero-order valence-electron chi connectivity index (χ0n) is 9.18. The van der Waals surface area contributed by atoms with Crippen molar-refractivity contribution < 1.29 is 5.11 Å². The molecule has 0 radical (unpaired) electrons. The zero-order valence-corrected chi connectivity index (χ0v) is 9.18. The van der Waals surface area contributed by atoms with Crippen LogP contribution in [-0.4, -0.2) is 11.7 Å². The van der Waals surface area contributed by atoms with Crippen LogP contribution in [0.15, 0.2) is 11.6 Å². The van der Waals surface area contributed by atoms with E-state index >= 15 is 0 Å². The third-order valence-electron chi connectivity index (χ3n) is 2.40. The van der Waals surface area contributed by atoms with Crippen LogP contribution in [0.1, 0.15) is 58.8 Å². The first kappa shape index (κ1) is 12.7. The zero-order chi connectivity index (χ0) is 9.94. The number of unbranched alkanes of at least 4 members (excludes halogenated alkanes) is 5. The van der Waals surface area contributed by atoms with E-state index in [1.807, 2.05) is 0 Å². The van der Waals surface area contributed by atoms with E-state index < -0.39 is 0 Å². The fourth-order valence-corrected chi connectivity index (χ4v) is 1.37. The lowest BCUT2D eigenvalue weighted by Gasteiger charge is -2.00. The fraction of sp³-hybridized carbons (Fsp3) is 0.833.